The topological polar surface area (TPSA) is 30.2 Å². The Bertz CT molecular complexity index is 742. The molecule has 3 nitrogen and oxygen atoms in total. The molecule has 0 N–H and O–H groups in total. The van der Waals surface area contributed by atoms with E-state index < -0.39 is 5.67 Å². The first-order valence-corrected chi connectivity index (χ1v) is 8.59. The van der Waals surface area contributed by atoms with E-state index in [1.54, 1.807) is 10.6 Å². The van der Waals surface area contributed by atoms with Crippen LogP contribution in [0.2, 0.25) is 0 Å². The van der Waals surface area contributed by atoms with E-state index in [0.717, 1.165) is 16.3 Å². The Morgan fingerprint density at radius 3 is 2.59 bits per heavy atom. The first-order chi connectivity index (χ1) is 10.2. The molecule has 2 aromatic rings. The van der Waals surface area contributed by atoms with E-state index in [2.05, 4.69) is 9.37 Å². The van der Waals surface area contributed by atoms with Crippen molar-refractivity contribution in [3.63, 3.8) is 0 Å². The zero-order chi connectivity index (χ0) is 16.5. The molecule has 2 rings (SSSR count). The number of aromatic nitrogens is 2. The molecule has 0 aliphatic heterocycles. The number of hydrogen-bond acceptors (Lipinski definition) is 4. The maximum atomic E-state index is 14.1. The molecule has 1 heterocycles. The highest BCUT2D eigenvalue weighted by Gasteiger charge is 2.17. The molecular formula is C15H19F2N3S2. The smallest absolute Gasteiger partial charge is 0.209 e. The van der Waals surface area contributed by atoms with Gasteiger partial charge in [-0.2, -0.15) is 4.37 Å². The average Bonchev–Trinajstić information content (AvgIpc) is 2.71. The second-order valence-electron chi connectivity index (χ2n) is 5.76. The van der Waals surface area contributed by atoms with Crippen LogP contribution < -0.4 is 4.80 Å². The molecule has 0 bridgehead atoms. The minimum absolute atomic E-state index is 0.254. The van der Waals surface area contributed by atoms with Gasteiger partial charge in [-0.15, -0.1) is 11.8 Å². The average molecular weight is 343 g/mol. The summed E-state index contributed by atoms with van der Waals surface area (Å²) < 4.78 is 33.8. The van der Waals surface area contributed by atoms with Gasteiger partial charge in [0.1, 0.15) is 23.0 Å². The van der Waals surface area contributed by atoms with Gasteiger partial charge in [0, 0.05) is 29.2 Å². The van der Waals surface area contributed by atoms with Gasteiger partial charge in [0.25, 0.3) is 0 Å². The van der Waals surface area contributed by atoms with Crippen molar-refractivity contribution >= 4 is 29.0 Å². The van der Waals surface area contributed by atoms with Crippen molar-refractivity contribution in [2.45, 2.75) is 38.3 Å². The van der Waals surface area contributed by atoms with E-state index in [1.807, 2.05) is 20.9 Å². The summed E-state index contributed by atoms with van der Waals surface area (Å²) in [6, 6.07) is 3.12. The van der Waals surface area contributed by atoms with E-state index in [1.165, 1.54) is 43.2 Å². The zero-order valence-corrected chi connectivity index (χ0v) is 14.9. The summed E-state index contributed by atoms with van der Waals surface area (Å²) in [5, 5.41) is 0. The van der Waals surface area contributed by atoms with Gasteiger partial charge in [0.2, 0.25) is 4.80 Å². The van der Waals surface area contributed by atoms with Crippen molar-refractivity contribution in [2.75, 3.05) is 5.75 Å². The minimum Gasteiger partial charge on any atom is -0.307 e. The van der Waals surface area contributed by atoms with Crippen LogP contribution in [-0.2, 0) is 7.05 Å². The lowest BCUT2D eigenvalue weighted by Gasteiger charge is -2.14. The number of thioether (sulfide) groups is 1. The van der Waals surface area contributed by atoms with Crippen molar-refractivity contribution in [1.82, 2.24) is 8.94 Å². The normalized spacial score (nSPS) is 13.0. The lowest BCUT2D eigenvalue weighted by molar-refractivity contribution is 0.253. The Hall–Kier alpha value is -1.21. The molecule has 0 atom stereocenters. The van der Waals surface area contributed by atoms with E-state index in [4.69, 9.17) is 0 Å². The van der Waals surface area contributed by atoms with Crippen LogP contribution >= 0.6 is 23.3 Å². The standard InChI is InChI=1S/C15H19F2N3S2/c1-9-6-11(16)12(7-13(9)21-8-15(3,4)17)18-14-20(5)10(2)19-22-14/h6-7H,8H2,1-5H3. The van der Waals surface area contributed by atoms with Crippen LogP contribution in [0.25, 0.3) is 0 Å². The van der Waals surface area contributed by atoms with Crippen molar-refractivity contribution in [2.24, 2.45) is 12.0 Å². The number of rotatable bonds is 4. The van der Waals surface area contributed by atoms with Crippen LogP contribution in [0.4, 0.5) is 14.5 Å². The molecule has 0 aliphatic rings. The van der Waals surface area contributed by atoms with Gasteiger partial charge < -0.3 is 4.57 Å². The highest BCUT2D eigenvalue weighted by atomic mass is 32.2. The fourth-order valence-corrected chi connectivity index (χ4v) is 3.41. The number of alkyl halides is 1. The molecule has 0 saturated carbocycles. The molecule has 0 saturated heterocycles. The minimum atomic E-state index is -1.27. The van der Waals surface area contributed by atoms with Crippen LogP contribution in [0.5, 0.6) is 0 Å². The van der Waals surface area contributed by atoms with Crippen LogP contribution in [-0.4, -0.2) is 20.4 Å². The van der Waals surface area contributed by atoms with E-state index in [-0.39, 0.29) is 11.5 Å². The summed E-state index contributed by atoms with van der Waals surface area (Å²) in [4.78, 5) is 5.81. The first kappa shape index (κ1) is 17.1. The predicted molar refractivity (Wildman–Crippen MR) is 88.1 cm³/mol. The SMILES string of the molecule is Cc1cc(F)c(N=c2snc(C)n2C)cc1SCC(C)(C)F. The van der Waals surface area contributed by atoms with Crippen LogP contribution in [0.15, 0.2) is 22.0 Å². The van der Waals surface area contributed by atoms with E-state index in [9.17, 15) is 8.78 Å². The number of hydrogen-bond donors (Lipinski definition) is 0. The monoisotopic (exact) mass is 343 g/mol. The van der Waals surface area contributed by atoms with E-state index in [0.29, 0.717) is 10.6 Å². The maximum absolute atomic E-state index is 14.1. The zero-order valence-electron chi connectivity index (χ0n) is 13.3. The van der Waals surface area contributed by atoms with Gasteiger partial charge in [0.15, 0.2) is 0 Å². The summed E-state index contributed by atoms with van der Waals surface area (Å²) in [6.45, 7) is 6.75. The molecule has 1 aromatic heterocycles. The van der Waals surface area contributed by atoms with Crippen LogP contribution in [0.1, 0.15) is 25.2 Å². The number of aryl methyl sites for hydroxylation is 2. The second-order valence-corrected chi connectivity index (χ2v) is 7.51. The van der Waals surface area contributed by atoms with Crippen molar-refractivity contribution in [3.8, 4) is 0 Å². The third-order valence-electron chi connectivity index (χ3n) is 3.06. The molecule has 0 unspecified atom stereocenters. The molecular weight excluding hydrogens is 324 g/mol. The summed E-state index contributed by atoms with van der Waals surface area (Å²) >= 11 is 2.60. The lowest BCUT2D eigenvalue weighted by atomic mass is 10.2. The molecule has 0 amide bonds. The molecule has 1 aromatic carbocycles. The van der Waals surface area contributed by atoms with Crippen molar-refractivity contribution in [3.05, 3.63) is 34.1 Å². The summed E-state index contributed by atoms with van der Waals surface area (Å²) in [7, 11) is 1.84. The van der Waals surface area contributed by atoms with Gasteiger partial charge in [0.05, 0.1) is 0 Å². The Kier molecular flexibility index (Phi) is 5.07. The number of nitrogens with zero attached hydrogens (tertiary/aromatic N) is 3. The fourth-order valence-electron chi connectivity index (χ4n) is 1.70. The van der Waals surface area contributed by atoms with Gasteiger partial charge in [-0.05, 0) is 45.4 Å². The van der Waals surface area contributed by atoms with Gasteiger partial charge in [-0.25, -0.2) is 13.8 Å². The van der Waals surface area contributed by atoms with Crippen LogP contribution in [0, 0.1) is 19.7 Å². The van der Waals surface area contributed by atoms with E-state index >= 15 is 0 Å². The van der Waals surface area contributed by atoms with Crippen molar-refractivity contribution < 1.29 is 8.78 Å². The molecule has 7 heteroatoms. The largest absolute Gasteiger partial charge is 0.307 e. The molecule has 0 fully saturated rings. The highest BCUT2D eigenvalue weighted by molar-refractivity contribution is 7.99. The quantitative estimate of drug-likeness (QED) is 0.774. The molecule has 0 aliphatic carbocycles. The van der Waals surface area contributed by atoms with Crippen molar-refractivity contribution in [1.29, 1.82) is 0 Å². The Balaban J connectivity index is 2.41. The number of halogens is 2. The maximum Gasteiger partial charge on any atom is 0.209 e. The third-order valence-corrected chi connectivity index (χ3v) is 5.53. The second kappa shape index (κ2) is 6.50. The molecule has 0 radical (unpaired) electrons. The Morgan fingerprint density at radius 1 is 1.36 bits per heavy atom. The Morgan fingerprint density at radius 2 is 2.05 bits per heavy atom. The van der Waals surface area contributed by atoms with Crippen LogP contribution in [0.3, 0.4) is 0 Å². The molecule has 120 valence electrons. The van der Waals surface area contributed by atoms with Gasteiger partial charge in [-0.1, -0.05) is 0 Å². The third kappa shape index (κ3) is 4.16. The summed E-state index contributed by atoms with van der Waals surface area (Å²) in [5.74, 6) is 0.754. The number of benzene rings is 1. The predicted octanol–water partition coefficient (Wildman–Crippen LogP) is 4.31. The van der Waals surface area contributed by atoms with Gasteiger partial charge >= 0.3 is 0 Å². The highest BCUT2D eigenvalue weighted by Crippen LogP contribution is 2.32. The lowest BCUT2D eigenvalue weighted by Crippen LogP contribution is -2.15. The molecule has 0 spiro atoms. The summed E-state index contributed by atoms with van der Waals surface area (Å²) in [5.41, 5.74) is -0.233. The van der Waals surface area contributed by atoms with Gasteiger partial charge in [-0.3, -0.25) is 0 Å². The first-order valence-electron chi connectivity index (χ1n) is 6.83. The molecule has 22 heavy (non-hydrogen) atoms. The Labute approximate surface area is 137 Å². The summed E-state index contributed by atoms with van der Waals surface area (Å²) in [6.07, 6.45) is 0. The fraction of sp³-hybridized carbons (Fsp3) is 0.467.